The summed E-state index contributed by atoms with van der Waals surface area (Å²) >= 11 is 0. The third-order valence-corrected chi connectivity index (χ3v) is 6.51. The standard InChI is InChI=1S/C28H29N7O/c1-5-24(36)33-23-10-18(7-6-16(23)2)26-25-17(3)22(19(11-29)12-30-21-8-9-21)14-31-28(25)34-27(26)20-13-32-35(4)15-20/h5-7,10-15,21H,1,8-9,29H2,2-4H3,(H,31,34)(H,33,36)/b19-11+,30-12?. The quantitative estimate of drug-likeness (QED) is 0.258. The van der Waals surface area contributed by atoms with Gasteiger partial charge in [-0.1, -0.05) is 18.7 Å². The number of amides is 1. The number of carbonyl (C=O) groups is 1. The molecule has 4 aromatic rings. The number of pyridine rings is 1. The van der Waals surface area contributed by atoms with E-state index in [1.165, 1.54) is 6.08 Å². The number of nitrogens with two attached hydrogens (primary N) is 1. The van der Waals surface area contributed by atoms with Crippen LogP contribution in [0.1, 0.15) is 29.5 Å². The maximum atomic E-state index is 12.1. The Morgan fingerprint density at radius 1 is 1.28 bits per heavy atom. The molecule has 1 amide bonds. The van der Waals surface area contributed by atoms with Gasteiger partial charge in [-0.25, -0.2) is 4.98 Å². The van der Waals surface area contributed by atoms with Crippen LogP contribution in [0.3, 0.4) is 0 Å². The number of nitrogens with zero attached hydrogens (tertiary/aromatic N) is 4. The van der Waals surface area contributed by atoms with Gasteiger partial charge in [0.25, 0.3) is 0 Å². The number of allylic oxidation sites excluding steroid dienone is 1. The highest BCUT2D eigenvalue weighted by atomic mass is 16.1. The average Bonchev–Trinajstić information content (AvgIpc) is 3.47. The predicted molar refractivity (Wildman–Crippen MR) is 146 cm³/mol. The van der Waals surface area contributed by atoms with Crippen molar-refractivity contribution in [2.24, 2.45) is 17.8 Å². The molecule has 5 rings (SSSR count). The van der Waals surface area contributed by atoms with E-state index in [1.807, 2.05) is 50.9 Å². The third kappa shape index (κ3) is 4.33. The van der Waals surface area contributed by atoms with Gasteiger partial charge >= 0.3 is 0 Å². The zero-order valence-corrected chi connectivity index (χ0v) is 20.7. The van der Waals surface area contributed by atoms with Crippen LogP contribution in [-0.2, 0) is 11.8 Å². The lowest BCUT2D eigenvalue weighted by Crippen LogP contribution is -2.08. The normalized spacial score (nSPS) is 14.0. The summed E-state index contributed by atoms with van der Waals surface area (Å²) in [6.45, 7) is 7.61. The van der Waals surface area contributed by atoms with Crippen LogP contribution in [0.15, 0.2) is 60.6 Å². The topological polar surface area (TPSA) is 114 Å². The van der Waals surface area contributed by atoms with E-state index in [0.717, 1.165) is 74.2 Å². The molecule has 0 radical (unpaired) electrons. The summed E-state index contributed by atoms with van der Waals surface area (Å²) in [6, 6.07) is 6.44. The molecule has 3 aromatic heterocycles. The van der Waals surface area contributed by atoms with E-state index in [4.69, 9.17) is 10.7 Å². The van der Waals surface area contributed by atoms with E-state index in [9.17, 15) is 4.79 Å². The molecule has 0 bridgehead atoms. The van der Waals surface area contributed by atoms with Crippen molar-refractivity contribution in [3.63, 3.8) is 0 Å². The van der Waals surface area contributed by atoms with Crippen LogP contribution in [0.2, 0.25) is 0 Å². The molecular weight excluding hydrogens is 450 g/mol. The van der Waals surface area contributed by atoms with E-state index in [2.05, 4.69) is 40.0 Å². The molecular formula is C28H29N7O. The first-order chi connectivity index (χ1) is 17.4. The van der Waals surface area contributed by atoms with Crippen LogP contribution in [0.5, 0.6) is 0 Å². The minimum Gasteiger partial charge on any atom is -0.404 e. The summed E-state index contributed by atoms with van der Waals surface area (Å²) in [4.78, 5) is 25.0. The molecule has 1 fully saturated rings. The SMILES string of the molecule is C=CC(=O)Nc1cc(-c2c(-c3cnn(C)c3)[nH]c3ncc(/C(C=NC4CC4)=C/N)c(C)c23)ccc1C. The maximum Gasteiger partial charge on any atom is 0.247 e. The van der Waals surface area contributed by atoms with E-state index < -0.39 is 0 Å². The first kappa shape index (κ1) is 23.3. The molecule has 36 heavy (non-hydrogen) atoms. The largest absolute Gasteiger partial charge is 0.404 e. The minimum atomic E-state index is -0.255. The number of fused-ring (bicyclic) bond motifs is 1. The second-order valence-electron chi connectivity index (χ2n) is 9.15. The van der Waals surface area contributed by atoms with Crippen molar-refractivity contribution in [2.75, 3.05) is 5.32 Å². The van der Waals surface area contributed by atoms with Crippen molar-refractivity contribution < 1.29 is 4.79 Å². The number of aromatic amines is 1. The van der Waals surface area contributed by atoms with Crippen molar-refractivity contribution in [3.8, 4) is 22.4 Å². The van der Waals surface area contributed by atoms with Gasteiger partial charge in [0.1, 0.15) is 5.65 Å². The summed E-state index contributed by atoms with van der Waals surface area (Å²) in [5, 5.41) is 8.27. The highest BCUT2D eigenvalue weighted by molar-refractivity contribution is 6.13. The van der Waals surface area contributed by atoms with E-state index in [-0.39, 0.29) is 5.91 Å². The Morgan fingerprint density at radius 2 is 2.08 bits per heavy atom. The van der Waals surface area contributed by atoms with Gasteiger partial charge in [-0.15, -0.1) is 0 Å². The van der Waals surface area contributed by atoms with Crippen LogP contribution in [0.4, 0.5) is 5.69 Å². The molecule has 3 heterocycles. The second-order valence-corrected chi connectivity index (χ2v) is 9.15. The summed E-state index contributed by atoms with van der Waals surface area (Å²) in [6.07, 6.45) is 12.6. The Labute approximate surface area is 209 Å². The monoisotopic (exact) mass is 479 g/mol. The molecule has 0 saturated heterocycles. The average molecular weight is 480 g/mol. The number of rotatable bonds is 7. The van der Waals surface area contributed by atoms with E-state index >= 15 is 0 Å². The lowest BCUT2D eigenvalue weighted by Gasteiger charge is -2.12. The molecule has 182 valence electrons. The summed E-state index contributed by atoms with van der Waals surface area (Å²) in [5.41, 5.74) is 15.0. The number of hydrogen-bond acceptors (Lipinski definition) is 5. The third-order valence-electron chi connectivity index (χ3n) is 6.51. The van der Waals surface area contributed by atoms with E-state index in [0.29, 0.717) is 6.04 Å². The molecule has 8 nitrogen and oxygen atoms in total. The minimum absolute atomic E-state index is 0.255. The molecule has 1 saturated carbocycles. The van der Waals surface area contributed by atoms with E-state index in [1.54, 1.807) is 10.9 Å². The van der Waals surface area contributed by atoms with Crippen molar-refractivity contribution in [1.82, 2.24) is 19.7 Å². The Kier molecular flexibility index (Phi) is 6.01. The molecule has 0 unspecified atom stereocenters. The molecule has 1 aliphatic rings. The number of H-pyrrole nitrogens is 1. The molecule has 0 atom stereocenters. The molecule has 0 spiro atoms. The van der Waals surface area contributed by atoms with Crippen LogP contribution >= 0.6 is 0 Å². The zero-order valence-electron chi connectivity index (χ0n) is 20.7. The molecule has 1 aliphatic carbocycles. The summed E-state index contributed by atoms with van der Waals surface area (Å²) in [5.74, 6) is -0.255. The zero-order chi connectivity index (χ0) is 25.4. The summed E-state index contributed by atoms with van der Waals surface area (Å²) in [7, 11) is 1.89. The fourth-order valence-electron chi connectivity index (χ4n) is 4.36. The van der Waals surface area contributed by atoms with Gasteiger partial charge in [0.05, 0.1) is 17.9 Å². The van der Waals surface area contributed by atoms with Crippen molar-refractivity contribution in [3.05, 3.63) is 72.3 Å². The van der Waals surface area contributed by atoms with Gasteiger partial charge in [0.2, 0.25) is 5.91 Å². The van der Waals surface area contributed by atoms with Crippen molar-refractivity contribution in [1.29, 1.82) is 0 Å². The molecule has 0 aliphatic heterocycles. The van der Waals surface area contributed by atoms with Gasteiger partial charge in [0, 0.05) is 65.2 Å². The number of hydrogen-bond donors (Lipinski definition) is 3. The fraction of sp³-hybridized carbons (Fsp3) is 0.214. The number of aliphatic imine (C=N–C) groups is 1. The van der Waals surface area contributed by atoms with Crippen molar-refractivity contribution in [2.45, 2.75) is 32.7 Å². The Hall–Kier alpha value is -4.46. The number of aryl methyl sites for hydroxylation is 3. The van der Waals surface area contributed by atoms with Crippen LogP contribution in [-0.4, -0.2) is 37.9 Å². The number of aromatic nitrogens is 4. The van der Waals surface area contributed by atoms with Crippen molar-refractivity contribution >= 4 is 34.4 Å². The molecule has 1 aromatic carbocycles. The number of carbonyl (C=O) groups excluding carboxylic acids is 1. The Morgan fingerprint density at radius 3 is 2.75 bits per heavy atom. The van der Waals surface area contributed by atoms with Crippen LogP contribution < -0.4 is 11.1 Å². The Balaban J connectivity index is 1.75. The number of anilines is 1. The van der Waals surface area contributed by atoms with Crippen LogP contribution in [0.25, 0.3) is 39.0 Å². The lowest BCUT2D eigenvalue weighted by molar-refractivity contribution is -0.111. The second kappa shape index (κ2) is 9.30. The van der Waals surface area contributed by atoms with Gasteiger partial charge in [-0.3, -0.25) is 14.5 Å². The van der Waals surface area contributed by atoms with Gasteiger partial charge < -0.3 is 16.0 Å². The Bertz CT molecular complexity index is 1550. The highest BCUT2D eigenvalue weighted by Gasteiger charge is 2.22. The number of nitrogens with one attached hydrogen (secondary N) is 2. The first-order valence-corrected chi connectivity index (χ1v) is 11.9. The van der Waals surface area contributed by atoms with Gasteiger partial charge in [-0.05, 0) is 55.5 Å². The fourth-order valence-corrected chi connectivity index (χ4v) is 4.36. The molecule has 4 N–H and O–H groups in total. The van der Waals surface area contributed by atoms with Gasteiger partial charge in [0.15, 0.2) is 0 Å². The van der Waals surface area contributed by atoms with Gasteiger partial charge in [-0.2, -0.15) is 5.10 Å². The molecule has 8 heteroatoms. The summed E-state index contributed by atoms with van der Waals surface area (Å²) < 4.78 is 1.77. The predicted octanol–water partition coefficient (Wildman–Crippen LogP) is 4.90. The number of benzene rings is 1. The first-order valence-electron chi connectivity index (χ1n) is 11.9. The lowest BCUT2D eigenvalue weighted by atomic mass is 9.94. The maximum absolute atomic E-state index is 12.1. The van der Waals surface area contributed by atoms with Crippen LogP contribution in [0, 0.1) is 13.8 Å². The highest BCUT2D eigenvalue weighted by Crippen LogP contribution is 2.41. The smallest absolute Gasteiger partial charge is 0.247 e.